The van der Waals surface area contributed by atoms with Crippen molar-refractivity contribution in [2.75, 3.05) is 33.3 Å². The minimum atomic E-state index is -0.764. The Balaban J connectivity index is 1.82. The van der Waals surface area contributed by atoms with Crippen LogP contribution in [0, 0.1) is 11.3 Å². The van der Waals surface area contributed by atoms with E-state index in [0.717, 1.165) is 32.7 Å². The summed E-state index contributed by atoms with van der Waals surface area (Å²) in [5.41, 5.74) is 5.64. The number of nitrogens with zero attached hydrogens (tertiary/aromatic N) is 2. The summed E-state index contributed by atoms with van der Waals surface area (Å²) in [6, 6.07) is 0. The summed E-state index contributed by atoms with van der Waals surface area (Å²) in [7, 11) is 2.12. The molecule has 2 N–H and O–H groups in total. The molecule has 120 valence electrons. The third kappa shape index (κ3) is 1.83. The number of fused-ring (bicyclic) bond motifs is 1. The number of hydrogen-bond donors (Lipinski definition) is 1. The van der Waals surface area contributed by atoms with E-state index in [-0.39, 0.29) is 28.9 Å². The lowest BCUT2D eigenvalue weighted by atomic mass is 9.47. The van der Waals surface area contributed by atoms with E-state index in [2.05, 4.69) is 39.6 Å². The number of nitrogens with two attached hydrogens (primary N) is 1. The van der Waals surface area contributed by atoms with Gasteiger partial charge in [0.1, 0.15) is 5.54 Å². The van der Waals surface area contributed by atoms with Crippen molar-refractivity contribution in [2.24, 2.45) is 17.1 Å². The van der Waals surface area contributed by atoms with Crippen LogP contribution in [-0.4, -0.2) is 66.2 Å². The molecule has 0 spiro atoms. The second-order valence-electron chi connectivity index (χ2n) is 8.24. The zero-order valence-corrected chi connectivity index (χ0v) is 14.0. The second kappa shape index (κ2) is 4.43. The summed E-state index contributed by atoms with van der Waals surface area (Å²) in [6.45, 7) is 11.7. The summed E-state index contributed by atoms with van der Waals surface area (Å²) in [6.07, 6.45) is 1.06. The van der Waals surface area contributed by atoms with E-state index in [1.807, 2.05) is 4.90 Å². The van der Waals surface area contributed by atoms with Gasteiger partial charge in [-0.3, -0.25) is 9.69 Å². The molecule has 3 unspecified atom stereocenters. The Labute approximate surface area is 127 Å². The zero-order valence-electron chi connectivity index (χ0n) is 14.0. The Kier molecular flexibility index (Phi) is 3.22. The van der Waals surface area contributed by atoms with Crippen LogP contribution >= 0.6 is 0 Å². The molecule has 3 rings (SSSR count). The first-order chi connectivity index (χ1) is 9.62. The normalized spacial score (nSPS) is 41.5. The second-order valence-corrected chi connectivity index (χ2v) is 8.24. The molecule has 5 nitrogen and oxygen atoms in total. The Bertz CT molecular complexity index is 462. The van der Waals surface area contributed by atoms with Crippen LogP contribution in [0.15, 0.2) is 0 Å². The number of rotatable bonds is 1. The highest BCUT2D eigenvalue weighted by Gasteiger charge is 2.72. The first kappa shape index (κ1) is 15.3. The van der Waals surface area contributed by atoms with Crippen LogP contribution in [0.25, 0.3) is 0 Å². The number of hydrogen-bond acceptors (Lipinski definition) is 4. The highest BCUT2D eigenvalue weighted by molar-refractivity contribution is 5.90. The average molecular weight is 295 g/mol. The molecular formula is C16H29N3O2. The van der Waals surface area contributed by atoms with Crippen LogP contribution in [0.1, 0.15) is 34.1 Å². The van der Waals surface area contributed by atoms with Crippen LogP contribution in [0.5, 0.6) is 0 Å². The molecule has 2 heterocycles. The molecule has 1 saturated carbocycles. The van der Waals surface area contributed by atoms with Crippen molar-refractivity contribution in [3.63, 3.8) is 0 Å². The van der Waals surface area contributed by atoms with Crippen LogP contribution in [0.3, 0.4) is 0 Å². The number of carbonyl (C=O) groups excluding carboxylic acids is 1. The largest absolute Gasteiger partial charge is 0.377 e. The number of likely N-dealkylation sites (N-methyl/N-ethyl adjacent to an activating group) is 1. The fourth-order valence-corrected chi connectivity index (χ4v) is 4.49. The fourth-order valence-electron chi connectivity index (χ4n) is 4.49. The molecule has 0 radical (unpaired) electrons. The molecule has 2 saturated heterocycles. The predicted octanol–water partition coefficient (Wildman–Crippen LogP) is 0.681. The van der Waals surface area contributed by atoms with Crippen molar-refractivity contribution in [3.8, 4) is 0 Å². The Hall–Kier alpha value is -0.650. The molecule has 3 fully saturated rings. The van der Waals surface area contributed by atoms with Crippen molar-refractivity contribution in [2.45, 2.75) is 51.3 Å². The Morgan fingerprint density at radius 1 is 1.24 bits per heavy atom. The standard InChI is InChI=1S/C16H29N3O2/c1-14(2)10-19(8-7-18(14)5)13(20)16(17)11-6-9-21-12(11)15(16,3)4/h11-12H,6-10,17H2,1-5H3. The van der Waals surface area contributed by atoms with Gasteiger partial charge in [0.15, 0.2) is 0 Å². The Morgan fingerprint density at radius 3 is 2.52 bits per heavy atom. The van der Waals surface area contributed by atoms with Crippen LogP contribution in [0.4, 0.5) is 0 Å². The molecule has 1 aliphatic carbocycles. The van der Waals surface area contributed by atoms with Gasteiger partial charge >= 0.3 is 0 Å². The smallest absolute Gasteiger partial charge is 0.243 e. The molecule has 1 amide bonds. The molecule has 0 aromatic carbocycles. The van der Waals surface area contributed by atoms with Crippen LogP contribution in [-0.2, 0) is 9.53 Å². The van der Waals surface area contributed by atoms with Gasteiger partial charge in [0, 0.05) is 43.1 Å². The molecular weight excluding hydrogens is 266 g/mol. The monoisotopic (exact) mass is 295 g/mol. The van der Waals surface area contributed by atoms with Gasteiger partial charge in [-0.15, -0.1) is 0 Å². The van der Waals surface area contributed by atoms with Gasteiger partial charge < -0.3 is 15.4 Å². The minimum absolute atomic E-state index is 0.00371. The van der Waals surface area contributed by atoms with Crippen LogP contribution in [0.2, 0.25) is 0 Å². The molecule has 0 aromatic heterocycles. The van der Waals surface area contributed by atoms with Gasteiger partial charge in [0.2, 0.25) is 5.91 Å². The van der Waals surface area contributed by atoms with Crippen molar-refractivity contribution < 1.29 is 9.53 Å². The third-order valence-corrected chi connectivity index (χ3v) is 6.41. The Morgan fingerprint density at radius 2 is 1.90 bits per heavy atom. The summed E-state index contributed by atoms with van der Waals surface area (Å²) in [5, 5.41) is 0. The molecule has 0 bridgehead atoms. The van der Waals surface area contributed by atoms with Gasteiger partial charge in [-0.05, 0) is 27.3 Å². The van der Waals surface area contributed by atoms with E-state index in [0.29, 0.717) is 0 Å². The summed E-state index contributed by atoms with van der Waals surface area (Å²) in [4.78, 5) is 17.5. The minimum Gasteiger partial charge on any atom is -0.377 e. The maximum absolute atomic E-state index is 13.2. The van der Waals surface area contributed by atoms with Gasteiger partial charge in [-0.2, -0.15) is 0 Å². The number of ether oxygens (including phenoxy) is 1. The van der Waals surface area contributed by atoms with Crippen LogP contribution < -0.4 is 5.73 Å². The summed E-state index contributed by atoms with van der Waals surface area (Å²) < 4.78 is 5.80. The maximum Gasteiger partial charge on any atom is 0.243 e. The average Bonchev–Trinajstić information content (AvgIpc) is 2.88. The molecule has 21 heavy (non-hydrogen) atoms. The van der Waals surface area contributed by atoms with E-state index < -0.39 is 5.54 Å². The lowest BCUT2D eigenvalue weighted by Gasteiger charge is -2.62. The molecule has 5 heteroatoms. The topological polar surface area (TPSA) is 58.8 Å². The SMILES string of the molecule is CN1CCN(C(=O)C2(N)C3CCOC3C2(C)C)CC1(C)C. The van der Waals surface area contributed by atoms with Gasteiger partial charge in [-0.1, -0.05) is 13.8 Å². The van der Waals surface area contributed by atoms with Gasteiger partial charge in [0.05, 0.1) is 6.10 Å². The number of carbonyl (C=O) groups is 1. The molecule has 3 aliphatic rings. The summed E-state index contributed by atoms with van der Waals surface area (Å²) in [5.74, 6) is 0.309. The maximum atomic E-state index is 13.2. The quantitative estimate of drug-likeness (QED) is 0.773. The first-order valence-corrected chi connectivity index (χ1v) is 8.03. The lowest BCUT2D eigenvalue weighted by Crippen LogP contribution is -2.81. The van der Waals surface area contributed by atoms with E-state index in [9.17, 15) is 4.79 Å². The zero-order chi connectivity index (χ0) is 15.6. The van der Waals surface area contributed by atoms with Crippen molar-refractivity contribution >= 4 is 5.91 Å². The lowest BCUT2D eigenvalue weighted by molar-refractivity contribution is -0.187. The van der Waals surface area contributed by atoms with E-state index in [1.165, 1.54) is 0 Å². The highest BCUT2D eigenvalue weighted by atomic mass is 16.5. The molecule has 3 atom stereocenters. The molecule has 2 aliphatic heterocycles. The van der Waals surface area contributed by atoms with Gasteiger partial charge in [-0.25, -0.2) is 0 Å². The third-order valence-electron chi connectivity index (χ3n) is 6.41. The van der Waals surface area contributed by atoms with Gasteiger partial charge in [0.25, 0.3) is 0 Å². The molecule has 0 aromatic rings. The van der Waals surface area contributed by atoms with E-state index in [1.54, 1.807) is 0 Å². The van der Waals surface area contributed by atoms with E-state index in [4.69, 9.17) is 10.5 Å². The van der Waals surface area contributed by atoms with Crippen molar-refractivity contribution in [3.05, 3.63) is 0 Å². The van der Waals surface area contributed by atoms with Crippen molar-refractivity contribution in [1.29, 1.82) is 0 Å². The van der Waals surface area contributed by atoms with Crippen molar-refractivity contribution in [1.82, 2.24) is 9.80 Å². The highest BCUT2D eigenvalue weighted by Crippen LogP contribution is 2.58. The number of piperazine rings is 1. The van der Waals surface area contributed by atoms with E-state index >= 15 is 0 Å². The fraction of sp³-hybridized carbons (Fsp3) is 0.938. The predicted molar refractivity (Wildman–Crippen MR) is 81.8 cm³/mol. The first-order valence-electron chi connectivity index (χ1n) is 8.03. The summed E-state index contributed by atoms with van der Waals surface area (Å²) >= 11 is 0. The number of amides is 1.